The third-order valence-corrected chi connectivity index (χ3v) is 3.16. The van der Waals surface area contributed by atoms with Gasteiger partial charge in [-0.3, -0.25) is 9.59 Å². The lowest BCUT2D eigenvalue weighted by atomic mass is 10.1. The van der Waals surface area contributed by atoms with Crippen LogP contribution < -0.4 is 0 Å². The molecule has 1 rings (SSSR count). The van der Waals surface area contributed by atoms with E-state index in [0.717, 1.165) is 12.1 Å². The van der Waals surface area contributed by atoms with E-state index >= 15 is 0 Å². The lowest BCUT2D eigenvalue weighted by Gasteiger charge is -2.27. The summed E-state index contributed by atoms with van der Waals surface area (Å²) < 4.78 is 12.9. The van der Waals surface area contributed by atoms with Crippen LogP contribution in [0.25, 0.3) is 0 Å². The summed E-state index contributed by atoms with van der Waals surface area (Å²) in [6.45, 7) is 3.18. The van der Waals surface area contributed by atoms with Crippen LogP contribution in [0.2, 0.25) is 5.02 Å². The Balaban J connectivity index is 3.08. The fraction of sp³-hybridized carbons (Fsp3) is 0.385. The monoisotopic (exact) mass is 287 g/mol. The number of benzene rings is 1. The summed E-state index contributed by atoms with van der Waals surface area (Å²) in [5, 5.41) is 8.83. The Labute approximate surface area is 115 Å². The van der Waals surface area contributed by atoms with Gasteiger partial charge < -0.3 is 10.0 Å². The van der Waals surface area contributed by atoms with Crippen LogP contribution in [0.3, 0.4) is 0 Å². The molecule has 0 saturated carbocycles. The molecule has 0 fully saturated rings. The van der Waals surface area contributed by atoms with Crippen LogP contribution in [-0.2, 0) is 4.79 Å². The molecule has 0 aromatic heterocycles. The van der Waals surface area contributed by atoms with Gasteiger partial charge in [0.15, 0.2) is 0 Å². The first-order valence-corrected chi connectivity index (χ1v) is 6.22. The molecular weight excluding hydrogens is 273 g/mol. The topological polar surface area (TPSA) is 57.6 Å². The van der Waals surface area contributed by atoms with Crippen molar-refractivity contribution in [2.24, 2.45) is 0 Å². The third kappa shape index (κ3) is 3.92. The van der Waals surface area contributed by atoms with E-state index in [2.05, 4.69) is 0 Å². The molecule has 0 spiro atoms. The van der Waals surface area contributed by atoms with Gasteiger partial charge in [0, 0.05) is 6.04 Å². The van der Waals surface area contributed by atoms with E-state index in [1.165, 1.54) is 11.0 Å². The van der Waals surface area contributed by atoms with Gasteiger partial charge in [0.25, 0.3) is 5.91 Å². The third-order valence-electron chi connectivity index (χ3n) is 2.85. The zero-order valence-electron chi connectivity index (χ0n) is 10.7. The average Bonchev–Trinajstić information content (AvgIpc) is 2.34. The van der Waals surface area contributed by atoms with Crippen molar-refractivity contribution in [3.05, 3.63) is 34.6 Å². The van der Waals surface area contributed by atoms with Crippen LogP contribution in [0.5, 0.6) is 0 Å². The number of nitrogens with zero attached hydrogens (tertiary/aromatic N) is 1. The van der Waals surface area contributed by atoms with Crippen LogP contribution in [0.15, 0.2) is 18.2 Å². The smallest absolute Gasteiger partial charge is 0.323 e. The van der Waals surface area contributed by atoms with E-state index in [-0.39, 0.29) is 16.6 Å². The highest BCUT2D eigenvalue weighted by Crippen LogP contribution is 2.20. The second-order valence-electron chi connectivity index (χ2n) is 4.21. The average molecular weight is 288 g/mol. The van der Waals surface area contributed by atoms with E-state index in [1.54, 1.807) is 6.92 Å². The molecule has 1 N–H and O–H groups in total. The number of aliphatic carboxylic acids is 1. The van der Waals surface area contributed by atoms with Gasteiger partial charge in [0.2, 0.25) is 0 Å². The molecular formula is C13H15ClFNO3. The molecule has 1 atom stereocenters. The van der Waals surface area contributed by atoms with Gasteiger partial charge in [0.05, 0.1) is 10.6 Å². The summed E-state index contributed by atoms with van der Waals surface area (Å²) in [6, 6.07) is 3.17. The fourth-order valence-corrected chi connectivity index (χ4v) is 1.86. The molecule has 0 heterocycles. The minimum atomic E-state index is -1.10. The summed E-state index contributed by atoms with van der Waals surface area (Å²) in [4.78, 5) is 24.3. The molecule has 4 nitrogen and oxygen atoms in total. The highest BCUT2D eigenvalue weighted by Gasteiger charge is 2.24. The number of carbonyl (C=O) groups is 2. The molecule has 1 unspecified atom stereocenters. The van der Waals surface area contributed by atoms with Crippen LogP contribution in [0, 0.1) is 5.82 Å². The Kier molecular flexibility index (Phi) is 5.30. The van der Waals surface area contributed by atoms with Crippen molar-refractivity contribution in [3.63, 3.8) is 0 Å². The first-order chi connectivity index (χ1) is 8.86. The lowest BCUT2D eigenvalue weighted by molar-refractivity contribution is -0.138. The number of halogens is 2. The molecule has 1 amide bonds. The highest BCUT2D eigenvalue weighted by molar-refractivity contribution is 6.33. The van der Waals surface area contributed by atoms with Crippen LogP contribution >= 0.6 is 11.6 Å². The SMILES string of the molecule is CCC(C)N(CC(=O)O)C(=O)c1ccc(F)cc1Cl. The van der Waals surface area contributed by atoms with Gasteiger partial charge in [-0.05, 0) is 31.5 Å². The van der Waals surface area contributed by atoms with Gasteiger partial charge in [-0.2, -0.15) is 0 Å². The number of carboxylic acid groups (broad SMARTS) is 1. The zero-order valence-corrected chi connectivity index (χ0v) is 11.4. The summed E-state index contributed by atoms with van der Waals surface area (Å²) in [5.74, 6) is -2.16. The van der Waals surface area contributed by atoms with Gasteiger partial charge >= 0.3 is 5.97 Å². The van der Waals surface area contributed by atoms with E-state index in [0.29, 0.717) is 6.42 Å². The van der Waals surface area contributed by atoms with Crippen LogP contribution in [-0.4, -0.2) is 34.5 Å². The maximum atomic E-state index is 12.9. The molecule has 0 saturated heterocycles. The standard InChI is InChI=1S/C13H15ClFNO3/c1-3-8(2)16(7-12(17)18)13(19)10-5-4-9(15)6-11(10)14/h4-6,8H,3,7H2,1-2H3,(H,17,18). The van der Waals surface area contributed by atoms with Crippen LogP contribution in [0.1, 0.15) is 30.6 Å². The number of rotatable bonds is 5. The first-order valence-electron chi connectivity index (χ1n) is 5.84. The predicted octanol–water partition coefficient (Wildman–Crippen LogP) is 2.80. The van der Waals surface area contributed by atoms with Crippen molar-refractivity contribution < 1.29 is 19.1 Å². The molecule has 1 aromatic carbocycles. The van der Waals surface area contributed by atoms with Gasteiger partial charge in [0.1, 0.15) is 12.4 Å². The minimum absolute atomic E-state index is 0.0244. The van der Waals surface area contributed by atoms with Crippen molar-refractivity contribution >= 4 is 23.5 Å². The van der Waals surface area contributed by atoms with Crippen molar-refractivity contribution in [1.29, 1.82) is 0 Å². The fourth-order valence-electron chi connectivity index (χ4n) is 1.61. The second kappa shape index (κ2) is 6.52. The number of carboxylic acids is 1. The van der Waals surface area contributed by atoms with Crippen molar-refractivity contribution in [3.8, 4) is 0 Å². The normalized spacial score (nSPS) is 12.0. The van der Waals surface area contributed by atoms with E-state index in [4.69, 9.17) is 16.7 Å². The summed E-state index contributed by atoms with van der Waals surface area (Å²) in [5.41, 5.74) is 0.101. The Bertz CT molecular complexity index is 493. The van der Waals surface area contributed by atoms with E-state index in [1.807, 2.05) is 6.92 Å². The number of hydrogen-bond donors (Lipinski definition) is 1. The largest absolute Gasteiger partial charge is 0.480 e. The Morgan fingerprint density at radius 1 is 1.47 bits per heavy atom. The molecule has 0 aliphatic heterocycles. The first kappa shape index (κ1) is 15.4. The van der Waals surface area contributed by atoms with Crippen molar-refractivity contribution in [2.45, 2.75) is 26.3 Å². The Hall–Kier alpha value is -1.62. The summed E-state index contributed by atoms with van der Waals surface area (Å²) >= 11 is 5.82. The number of carbonyl (C=O) groups excluding carboxylic acids is 1. The molecule has 19 heavy (non-hydrogen) atoms. The molecule has 104 valence electrons. The molecule has 0 aliphatic rings. The zero-order chi connectivity index (χ0) is 14.6. The molecule has 0 bridgehead atoms. The summed E-state index contributed by atoms with van der Waals surface area (Å²) in [6.07, 6.45) is 0.609. The quantitative estimate of drug-likeness (QED) is 0.906. The maximum absolute atomic E-state index is 12.9. The number of amides is 1. The number of hydrogen-bond acceptors (Lipinski definition) is 2. The Morgan fingerprint density at radius 3 is 2.58 bits per heavy atom. The second-order valence-corrected chi connectivity index (χ2v) is 4.62. The van der Waals surface area contributed by atoms with Crippen molar-refractivity contribution in [2.75, 3.05) is 6.54 Å². The lowest BCUT2D eigenvalue weighted by Crippen LogP contribution is -2.41. The maximum Gasteiger partial charge on any atom is 0.323 e. The van der Waals surface area contributed by atoms with Crippen LogP contribution in [0.4, 0.5) is 4.39 Å². The van der Waals surface area contributed by atoms with Gasteiger partial charge in [-0.25, -0.2) is 4.39 Å². The van der Waals surface area contributed by atoms with Gasteiger partial charge in [-0.15, -0.1) is 0 Å². The minimum Gasteiger partial charge on any atom is -0.480 e. The molecule has 0 aliphatic carbocycles. The molecule has 1 aromatic rings. The highest BCUT2D eigenvalue weighted by atomic mass is 35.5. The van der Waals surface area contributed by atoms with Crippen molar-refractivity contribution in [1.82, 2.24) is 4.90 Å². The van der Waals surface area contributed by atoms with E-state index < -0.39 is 24.2 Å². The summed E-state index contributed by atoms with van der Waals surface area (Å²) in [7, 11) is 0. The molecule has 6 heteroatoms. The predicted molar refractivity (Wildman–Crippen MR) is 69.8 cm³/mol. The van der Waals surface area contributed by atoms with Gasteiger partial charge in [-0.1, -0.05) is 18.5 Å². The molecule has 0 radical (unpaired) electrons. The Morgan fingerprint density at radius 2 is 2.11 bits per heavy atom. The van der Waals surface area contributed by atoms with E-state index in [9.17, 15) is 14.0 Å².